The molecule has 1 aromatic heterocycles. The van der Waals surface area contributed by atoms with E-state index in [9.17, 15) is 4.79 Å². The monoisotopic (exact) mass is 164 g/mol. The fourth-order valence-corrected chi connectivity index (χ4v) is 0.681. The zero-order valence-electron chi connectivity index (χ0n) is 6.34. The van der Waals surface area contributed by atoms with E-state index in [0.717, 1.165) is 5.56 Å². The first kappa shape index (κ1) is 8.39. The lowest BCUT2D eigenvalue weighted by atomic mass is 10.3. The lowest BCUT2D eigenvalue weighted by molar-refractivity contribution is -0.135. The maximum absolute atomic E-state index is 10.1. The average Bonchev–Trinajstić information content (AvgIpc) is 2.05. The Morgan fingerprint density at radius 1 is 1.75 bits per heavy atom. The summed E-state index contributed by atoms with van der Waals surface area (Å²) in [7, 11) is 0. The average molecular weight is 164 g/mol. The molecule has 1 rings (SSSR count). The lowest BCUT2D eigenvalue weighted by Gasteiger charge is -1.88. The number of aliphatic carboxylic acids is 1. The van der Waals surface area contributed by atoms with Crippen molar-refractivity contribution >= 4 is 12.2 Å². The maximum Gasteiger partial charge on any atom is 0.325 e. The van der Waals surface area contributed by atoms with Crippen molar-refractivity contribution in [2.24, 2.45) is 4.99 Å². The smallest absolute Gasteiger partial charge is 0.325 e. The van der Waals surface area contributed by atoms with Gasteiger partial charge in [-0.25, -0.2) is 0 Å². The van der Waals surface area contributed by atoms with Gasteiger partial charge in [-0.05, 0) is 6.07 Å². The van der Waals surface area contributed by atoms with E-state index in [0.29, 0.717) is 0 Å². The number of hydrogen-bond acceptors (Lipinski definition) is 3. The highest BCUT2D eigenvalue weighted by atomic mass is 16.4. The molecule has 0 unspecified atom stereocenters. The Morgan fingerprint density at radius 3 is 3.17 bits per heavy atom. The summed E-state index contributed by atoms with van der Waals surface area (Å²) >= 11 is 0. The molecule has 1 aromatic rings. The summed E-state index contributed by atoms with van der Waals surface area (Å²) in [5.74, 6) is -0.935. The van der Waals surface area contributed by atoms with Crippen molar-refractivity contribution in [1.82, 2.24) is 4.98 Å². The number of carboxylic acid groups (broad SMARTS) is 1. The second-order valence-electron chi connectivity index (χ2n) is 2.15. The lowest BCUT2D eigenvalue weighted by Crippen LogP contribution is -1.99. The summed E-state index contributed by atoms with van der Waals surface area (Å²) in [6, 6.07) is 3.57. The third-order valence-corrected chi connectivity index (χ3v) is 1.15. The van der Waals surface area contributed by atoms with Gasteiger partial charge in [-0.1, -0.05) is 6.07 Å². The SMILES string of the molecule is O=C(O)CN=Cc1cccnc1. The quantitative estimate of drug-likeness (QED) is 0.665. The van der Waals surface area contributed by atoms with Gasteiger partial charge in [0.15, 0.2) is 0 Å². The zero-order valence-corrected chi connectivity index (χ0v) is 6.34. The molecule has 0 spiro atoms. The van der Waals surface area contributed by atoms with Gasteiger partial charge in [-0.15, -0.1) is 0 Å². The summed E-state index contributed by atoms with van der Waals surface area (Å²) in [5.41, 5.74) is 0.804. The molecule has 62 valence electrons. The number of aromatic nitrogens is 1. The van der Waals surface area contributed by atoms with Crippen molar-refractivity contribution in [2.45, 2.75) is 0 Å². The molecule has 0 bridgehead atoms. The van der Waals surface area contributed by atoms with Gasteiger partial charge in [0.25, 0.3) is 0 Å². The summed E-state index contributed by atoms with van der Waals surface area (Å²) in [5, 5.41) is 8.26. The van der Waals surface area contributed by atoms with E-state index in [-0.39, 0.29) is 6.54 Å². The minimum absolute atomic E-state index is 0.200. The van der Waals surface area contributed by atoms with E-state index in [1.54, 1.807) is 24.5 Å². The van der Waals surface area contributed by atoms with Crippen LogP contribution in [0, 0.1) is 0 Å². The van der Waals surface area contributed by atoms with Gasteiger partial charge in [-0.2, -0.15) is 0 Å². The first-order valence-electron chi connectivity index (χ1n) is 3.40. The van der Waals surface area contributed by atoms with Crippen molar-refractivity contribution < 1.29 is 9.90 Å². The van der Waals surface area contributed by atoms with Gasteiger partial charge < -0.3 is 5.11 Å². The van der Waals surface area contributed by atoms with Crippen LogP contribution in [0.5, 0.6) is 0 Å². The van der Waals surface area contributed by atoms with Gasteiger partial charge in [0.2, 0.25) is 0 Å². The van der Waals surface area contributed by atoms with Crippen molar-refractivity contribution in [1.29, 1.82) is 0 Å². The normalized spacial score (nSPS) is 10.3. The molecule has 0 radical (unpaired) electrons. The predicted octanol–water partition coefficient (Wildman–Crippen LogP) is 0.585. The van der Waals surface area contributed by atoms with E-state index in [1.807, 2.05) is 0 Å². The maximum atomic E-state index is 10.1. The first-order valence-corrected chi connectivity index (χ1v) is 3.40. The number of aliphatic imine (C=N–C) groups is 1. The number of nitrogens with zero attached hydrogens (tertiary/aromatic N) is 2. The zero-order chi connectivity index (χ0) is 8.81. The van der Waals surface area contributed by atoms with Crippen LogP contribution in [0.2, 0.25) is 0 Å². The Bertz CT molecular complexity index is 282. The van der Waals surface area contributed by atoms with Crippen LogP contribution in [0.1, 0.15) is 5.56 Å². The van der Waals surface area contributed by atoms with E-state index in [2.05, 4.69) is 9.98 Å². The van der Waals surface area contributed by atoms with E-state index in [4.69, 9.17) is 5.11 Å². The van der Waals surface area contributed by atoms with E-state index in [1.165, 1.54) is 6.21 Å². The molecule has 0 saturated heterocycles. The van der Waals surface area contributed by atoms with E-state index < -0.39 is 5.97 Å². The Labute approximate surface area is 69.6 Å². The fraction of sp³-hybridized carbons (Fsp3) is 0.125. The first-order chi connectivity index (χ1) is 5.79. The molecule has 0 aliphatic heterocycles. The summed E-state index contributed by atoms with van der Waals surface area (Å²) in [4.78, 5) is 17.6. The minimum atomic E-state index is -0.935. The van der Waals surface area contributed by atoms with Crippen LogP contribution >= 0.6 is 0 Å². The second-order valence-corrected chi connectivity index (χ2v) is 2.15. The molecular weight excluding hydrogens is 156 g/mol. The van der Waals surface area contributed by atoms with Crippen molar-refractivity contribution in [3.63, 3.8) is 0 Å². The molecule has 0 aliphatic rings. The summed E-state index contributed by atoms with van der Waals surface area (Å²) in [6.45, 7) is -0.200. The van der Waals surface area contributed by atoms with Crippen molar-refractivity contribution in [3.8, 4) is 0 Å². The molecule has 0 fully saturated rings. The number of carboxylic acids is 1. The highest BCUT2D eigenvalue weighted by molar-refractivity contribution is 5.81. The Kier molecular flexibility index (Phi) is 2.95. The molecule has 4 nitrogen and oxygen atoms in total. The van der Waals surface area contributed by atoms with Crippen LogP contribution < -0.4 is 0 Å². The van der Waals surface area contributed by atoms with E-state index >= 15 is 0 Å². The molecule has 0 atom stereocenters. The minimum Gasteiger partial charge on any atom is -0.480 e. The molecule has 12 heavy (non-hydrogen) atoms. The highest BCUT2D eigenvalue weighted by Crippen LogP contribution is 1.89. The molecule has 1 N–H and O–H groups in total. The fourth-order valence-electron chi connectivity index (χ4n) is 0.681. The summed E-state index contributed by atoms with van der Waals surface area (Å²) in [6.07, 6.45) is 4.75. The van der Waals surface area contributed by atoms with Gasteiger partial charge in [0.05, 0.1) is 0 Å². The molecule has 0 aliphatic carbocycles. The van der Waals surface area contributed by atoms with Crippen LogP contribution in [-0.4, -0.2) is 28.8 Å². The van der Waals surface area contributed by atoms with Gasteiger partial charge in [0, 0.05) is 24.2 Å². The molecule has 1 heterocycles. The van der Waals surface area contributed by atoms with Crippen molar-refractivity contribution in [3.05, 3.63) is 30.1 Å². The largest absolute Gasteiger partial charge is 0.480 e. The molecule has 0 amide bonds. The predicted molar refractivity (Wildman–Crippen MR) is 44.3 cm³/mol. The highest BCUT2D eigenvalue weighted by Gasteiger charge is 1.90. The van der Waals surface area contributed by atoms with Crippen LogP contribution in [0.4, 0.5) is 0 Å². The third-order valence-electron chi connectivity index (χ3n) is 1.15. The van der Waals surface area contributed by atoms with Gasteiger partial charge in [-0.3, -0.25) is 14.8 Å². The third kappa shape index (κ3) is 2.92. The molecular formula is C8H8N2O2. The molecule has 0 aromatic carbocycles. The van der Waals surface area contributed by atoms with Crippen LogP contribution in [0.15, 0.2) is 29.5 Å². The van der Waals surface area contributed by atoms with Crippen LogP contribution in [0.3, 0.4) is 0 Å². The number of rotatable bonds is 3. The number of hydrogen-bond donors (Lipinski definition) is 1. The van der Waals surface area contributed by atoms with Gasteiger partial charge >= 0.3 is 5.97 Å². The Morgan fingerprint density at radius 2 is 2.58 bits per heavy atom. The summed E-state index contributed by atoms with van der Waals surface area (Å²) < 4.78 is 0. The van der Waals surface area contributed by atoms with Crippen LogP contribution in [-0.2, 0) is 4.79 Å². The Balaban J connectivity index is 2.52. The van der Waals surface area contributed by atoms with Crippen molar-refractivity contribution in [2.75, 3.05) is 6.54 Å². The standard InChI is InChI=1S/C8H8N2O2/c11-8(12)6-10-5-7-2-1-3-9-4-7/h1-5H,6H2,(H,11,12). The number of pyridine rings is 1. The van der Waals surface area contributed by atoms with Crippen LogP contribution in [0.25, 0.3) is 0 Å². The topological polar surface area (TPSA) is 62.5 Å². The molecule has 0 saturated carbocycles. The Hall–Kier alpha value is -1.71. The van der Waals surface area contributed by atoms with Gasteiger partial charge in [0.1, 0.15) is 6.54 Å². The number of carbonyl (C=O) groups is 1. The second kappa shape index (κ2) is 4.23. The molecule has 4 heteroatoms.